The maximum absolute atomic E-state index is 13.4. The molecule has 0 aromatic carbocycles. The smallest absolute Gasteiger partial charge is 0.336 e. The van der Waals surface area contributed by atoms with Crippen LogP contribution in [0, 0.1) is 5.92 Å². The van der Waals surface area contributed by atoms with Crippen LogP contribution in [0.2, 0.25) is 0 Å². The number of nitrogens with zero attached hydrogens (tertiary/aromatic N) is 4. The van der Waals surface area contributed by atoms with Gasteiger partial charge in [0.2, 0.25) is 10.0 Å². The van der Waals surface area contributed by atoms with Crippen LogP contribution in [-0.2, 0) is 17.1 Å². The first kappa shape index (κ1) is 19.2. The summed E-state index contributed by atoms with van der Waals surface area (Å²) < 4.78 is 67.2. The normalized spacial score (nSPS) is 24.5. The number of rotatable bonds is 4. The van der Waals surface area contributed by atoms with Crippen LogP contribution in [0.15, 0.2) is 6.20 Å². The first-order chi connectivity index (χ1) is 11.9. The molecule has 1 saturated heterocycles. The van der Waals surface area contributed by atoms with Crippen molar-refractivity contribution in [1.82, 2.24) is 19.0 Å². The molecule has 2 atom stereocenters. The van der Waals surface area contributed by atoms with Crippen LogP contribution in [0.5, 0.6) is 0 Å². The van der Waals surface area contributed by atoms with E-state index in [1.165, 1.54) is 25.0 Å². The van der Waals surface area contributed by atoms with Crippen molar-refractivity contribution in [3.8, 4) is 0 Å². The zero-order chi connectivity index (χ0) is 19.4. The molecule has 0 bridgehead atoms. The largest absolute Gasteiger partial charge is 0.394 e. The second-order valence-electron chi connectivity index (χ2n) is 7.10. The fourth-order valence-electron chi connectivity index (χ4n) is 3.33. The summed E-state index contributed by atoms with van der Waals surface area (Å²) in [5.74, 6) is -2.55. The number of amides is 1. The Morgan fingerprint density at radius 3 is 2.38 bits per heavy atom. The Morgan fingerprint density at radius 2 is 1.88 bits per heavy atom. The van der Waals surface area contributed by atoms with E-state index in [2.05, 4.69) is 5.10 Å². The number of likely N-dealkylation sites (tertiary alicyclic amines) is 1. The topological polar surface area (TPSA) is 75.5 Å². The molecular formula is C15H21F3N4O3S. The number of carbonyl (C=O) groups excluding carboxylic acids is 1. The third-order valence-electron chi connectivity index (χ3n) is 4.92. The van der Waals surface area contributed by atoms with E-state index in [0.29, 0.717) is 5.69 Å². The Morgan fingerprint density at radius 1 is 1.27 bits per heavy atom. The quantitative estimate of drug-likeness (QED) is 0.769. The van der Waals surface area contributed by atoms with Gasteiger partial charge >= 0.3 is 6.18 Å². The number of aryl methyl sites for hydroxylation is 1. The molecular weight excluding hydrogens is 373 g/mol. The molecule has 11 heteroatoms. The fraction of sp³-hybridized carbons (Fsp3) is 0.733. The van der Waals surface area contributed by atoms with Crippen molar-refractivity contribution < 1.29 is 26.4 Å². The van der Waals surface area contributed by atoms with E-state index < -0.39 is 46.4 Å². The molecule has 1 saturated carbocycles. The predicted octanol–water partition coefficient (Wildman–Crippen LogP) is 1.19. The minimum Gasteiger partial charge on any atom is -0.336 e. The molecule has 1 amide bonds. The average molecular weight is 394 g/mol. The molecule has 0 N–H and O–H groups in total. The molecule has 1 aliphatic carbocycles. The highest BCUT2D eigenvalue weighted by molar-refractivity contribution is 7.89. The predicted molar refractivity (Wildman–Crippen MR) is 87.0 cm³/mol. The highest BCUT2D eigenvalue weighted by Crippen LogP contribution is 2.42. The van der Waals surface area contributed by atoms with Crippen molar-refractivity contribution in [2.75, 3.05) is 27.2 Å². The fourth-order valence-corrected chi connectivity index (χ4v) is 4.89. The lowest BCUT2D eigenvalue weighted by Crippen LogP contribution is -2.43. The highest BCUT2D eigenvalue weighted by Gasteiger charge is 2.56. The van der Waals surface area contributed by atoms with Crippen molar-refractivity contribution in [2.45, 2.75) is 30.2 Å². The first-order valence-corrected chi connectivity index (χ1v) is 9.74. The third kappa shape index (κ3) is 3.34. The summed E-state index contributed by atoms with van der Waals surface area (Å²) in [5.41, 5.74) is 0.846. The van der Waals surface area contributed by atoms with Gasteiger partial charge < -0.3 is 4.90 Å². The molecule has 26 heavy (non-hydrogen) atoms. The van der Waals surface area contributed by atoms with Gasteiger partial charge in [0.1, 0.15) is 5.25 Å². The van der Waals surface area contributed by atoms with Crippen molar-refractivity contribution in [2.24, 2.45) is 13.0 Å². The maximum atomic E-state index is 13.4. The van der Waals surface area contributed by atoms with Crippen molar-refractivity contribution >= 4 is 15.9 Å². The van der Waals surface area contributed by atoms with Gasteiger partial charge in [0.05, 0.1) is 17.2 Å². The number of aromatic nitrogens is 2. The highest BCUT2D eigenvalue weighted by atomic mass is 32.2. The third-order valence-corrected chi connectivity index (χ3v) is 7.18. The van der Waals surface area contributed by atoms with E-state index in [4.69, 9.17) is 0 Å². The second-order valence-corrected chi connectivity index (χ2v) is 9.47. The van der Waals surface area contributed by atoms with Gasteiger partial charge in [-0.3, -0.25) is 9.48 Å². The Kier molecular flexibility index (Phi) is 4.58. The number of carbonyl (C=O) groups is 1. The second kappa shape index (κ2) is 6.22. The Bertz CT molecular complexity index is 815. The molecule has 2 heterocycles. The summed E-state index contributed by atoms with van der Waals surface area (Å²) >= 11 is 0. The van der Waals surface area contributed by atoms with E-state index in [9.17, 15) is 26.4 Å². The number of hydrogen-bond acceptors (Lipinski definition) is 4. The van der Waals surface area contributed by atoms with Gasteiger partial charge in [0, 0.05) is 46.3 Å². The number of alkyl halides is 3. The molecule has 0 spiro atoms. The van der Waals surface area contributed by atoms with Gasteiger partial charge in [-0.15, -0.1) is 0 Å². The van der Waals surface area contributed by atoms with E-state index in [1.54, 1.807) is 7.05 Å². The molecule has 1 aliphatic heterocycles. The van der Waals surface area contributed by atoms with Crippen LogP contribution >= 0.6 is 0 Å². The monoisotopic (exact) mass is 394 g/mol. The molecule has 1 aromatic heterocycles. The van der Waals surface area contributed by atoms with E-state index in [1.807, 2.05) is 0 Å². The summed E-state index contributed by atoms with van der Waals surface area (Å²) in [7, 11) is -0.137. The Balaban J connectivity index is 1.91. The first-order valence-electron chi connectivity index (χ1n) is 8.23. The van der Waals surface area contributed by atoms with Gasteiger partial charge in [-0.2, -0.15) is 18.3 Å². The lowest BCUT2D eigenvalue weighted by Gasteiger charge is -2.23. The summed E-state index contributed by atoms with van der Waals surface area (Å²) in [6, 6.07) is 0. The lowest BCUT2D eigenvalue weighted by atomic mass is 10.1. The van der Waals surface area contributed by atoms with Crippen LogP contribution in [0.4, 0.5) is 13.2 Å². The van der Waals surface area contributed by atoms with Crippen molar-refractivity contribution in [3.63, 3.8) is 0 Å². The van der Waals surface area contributed by atoms with Crippen molar-refractivity contribution in [3.05, 3.63) is 17.5 Å². The maximum Gasteiger partial charge on any atom is 0.394 e. The summed E-state index contributed by atoms with van der Waals surface area (Å²) in [5, 5.41) is 2.54. The Hall–Kier alpha value is -1.62. The SMILES string of the molecule is CN(C)S(=O)(=O)[C@@H]1CN(C(=O)c2cn(C)nc2C2CC2)C[C@H]1C(F)(F)F. The van der Waals surface area contributed by atoms with Crippen molar-refractivity contribution in [1.29, 1.82) is 0 Å². The number of halogens is 3. The van der Waals surface area contributed by atoms with Gasteiger partial charge in [0.15, 0.2) is 0 Å². The molecule has 7 nitrogen and oxygen atoms in total. The van der Waals surface area contributed by atoms with Crippen LogP contribution in [0.25, 0.3) is 0 Å². The molecule has 1 aromatic rings. The molecule has 0 radical (unpaired) electrons. The molecule has 0 unspecified atom stereocenters. The molecule has 2 aliphatic rings. The lowest BCUT2D eigenvalue weighted by molar-refractivity contribution is -0.169. The summed E-state index contributed by atoms with van der Waals surface area (Å²) in [6.45, 7) is -1.15. The van der Waals surface area contributed by atoms with E-state index in [0.717, 1.165) is 22.0 Å². The van der Waals surface area contributed by atoms with Gasteiger partial charge in [-0.1, -0.05) is 0 Å². The Labute approximate surface area is 149 Å². The minimum atomic E-state index is -4.71. The molecule has 2 fully saturated rings. The summed E-state index contributed by atoms with van der Waals surface area (Å²) in [6.07, 6.45) is -1.44. The zero-order valence-corrected chi connectivity index (χ0v) is 15.5. The van der Waals surface area contributed by atoms with Gasteiger partial charge in [0.25, 0.3) is 5.91 Å². The number of hydrogen-bond donors (Lipinski definition) is 0. The minimum absolute atomic E-state index is 0.150. The van der Waals surface area contributed by atoms with Gasteiger partial charge in [-0.25, -0.2) is 12.7 Å². The summed E-state index contributed by atoms with van der Waals surface area (Å²) in [4.78, 5) is 13.8. The zero-order valence-electron chi connectivity index (χ0n) is 14.7. The number of sulfonamides is 1. The van der Waals surface area contributed by atoms with Gasteiger partial charge in [-0.05, 0) is 12.8 Å². The molecule has 3 rings (SSSR count). The van der Waals surface area contributed by atoms with Crippen LogP contribution in [-0.4, -0.2) is 71.9 Å². The molecule has 146 valence electrons. The van der Waals surface area contributed by atoms with E-state index >= 15 is 0 Å². The van der Waals surface area contributed by atoms with Crippen LogP contribution in [0.1, 0.15) is 34.8 Å². The van der Waals surface area contributed by atoms with E-state index in [-0.39, 0.29) is 11.5 Å². The van der Waals surface area contributed by atoms with Crippen LogP contribution in [0.3, 0.4) is 0 Å². The standard InChI is InChI=1S/C15H21F3N4O3S/c1-20(2)26(24,25)12-8-22(7-11(12)15(16,17)18)14(23)10-6-21(3)19-13(10)9-4-5-9/h6,9,11-12H,4-5,7-8H2,1-3H3/t11-,12-/m1/s1. The average Bonchev–Trinajstić information content (AvgIpc) is 3.12. The van der Waals surface area contributed by atoms with Crippen LogP contribution < -0.4 is 0 Å².